The largest absolute Gasteiger partial charge is 0.457 e. The van der Waals surface area contributed by atoms with E-state index in [9.17, 15) is 14.7 Å². The molecule has 0 rings (SSSR count). The van der Waals surface area contributed by atoms with Crippen LogP contribution in [0, 0.1) is 17.4 Å². The summed E-state index contributed by atoms with van der Waals surface area (Å²) < 4.78 is 5.26. The van der Waals surface area contributed by atoms with Gasteiger partial charge in [-0.3, -0.25) is 0 Å². The number of esters is 1. The molecule has 1 N–H and O–H groups in total. The Kier molecular flexibility index (Phi) is 7.53. The van der Waals surface area contributed by atoms with Gasteiger partial charge in [0.15, 0.2) is 0 Å². The van der Waals surface area contributed by atoms with Gasteiger partial charge in [0.05, 0.1) is 5.92 Å². The third-order valence-electron chi connectivity index (χ3n) is 4.12. The van der Waals surface area contributed by atoms with Crippen molar-refractivity contribution in [3.8, 4) is 11.5 Å². The average molecular weight is 327 g/mol. The summed E-state index contributed by atoms with van der Waals surface area (Å²) in [7, 11) is -1.84. The molecule has 0 aliphatic heterocycles. The predicted octanol–water partition coefficient (Wildman–Crippen LogP) is 2.95. The maximum Gasteiger partial charge on any atom is 0.352 e. The van der Waals surface area contributed by atoms with Gasteiger partial charge in [0.1, 0.15) is 20.0 Å². The zero-order valence-electron chi connectivity index (χ0n) is 14.9. The van der Waals surface area contributed by atoms with E-state index < -0.39 is 31.2 Å². The molecule has 4 nitrogen and oxygen atoms in total. The summed E-state index contributed by atoms with van der Waals surface area (Å²) in [6.07, 6.45) is 0.547. The second-order valence-corrected chi connectivity index (χ2v) is 11.7. The molecular weight excluding hydrogens is 296 g/mol. The molecule has 0 fully saturated rings. The molecule has 2 atom stereocenters. The van der Waals surface area contributed by atoms with E-state index in [1.165, 1.54) is 6.92 Å². The molecule has 2 unspecified atom stereocenters. The van der Waals surface area contributed by atoms with Crippen molar-refractivity contribution < 1.29 is 19.4 Å². The Morgan fingerprint density at radius 1 is 1.23 bits per heavy atom. The van der Waals surface area contributed by atoms with Crippen LogP contribution in [0.2, 0.25) is 18.1 Å². The highest BCUT2D eigenvalue weighted by molar-refractivity contribution is 6.87. The van der Waals surface area contributed by atoms with Gasteiger partial charge in [0, 0.05) is 0 Å². The molecule has 0 aromatic heterocycles. The average Bonchev–Trinajstić information content (AvgIpc) is 2.46. The summed E-state index contributed by atoms with van der Waals surface area (Å²) in [5, 5.41) is 10.7. The molecule has 0 radical (unpaired) electrons. The highest BCUT2D eigenvalue weighted by Crippen LogP contribution is 2.23. The fourth-order valence-corrected chi connectivity index (χ4v) is 4.53. The number of aliphatic hydroxyl groups is 1. The van der Waals surface area contributed by atoms with Crippen molar-refractivity contribution in [1.82, 2.24) is 0 Å². The number of rotatable bonds is 6. The SMILES string of the molecule is CC[Si](C#CC(O)(C(=O)OC(C)(C)C)C(C)C=O)(CC)CC. The Balaban J connectivity index is 5.76. The van der Waals surface area contributed by atoms with E-state index in [0.717, 1.165) is 18.1 Å². The summed E-state index contributed by atoms with van der Waals surface area (Å²) in [6, 6.07) is 2.85. The van der Waals surface area contributed by atoms with E-state index >= 15 is 0 Å². The van der Waals surface area contributed by atoms with Gasteiger partial charge in [0.2, 0.25) is 5.60 Å². The van der Waals surface area contributed by atoms with E-state index in [-0.39, 0.29) is 0 Å². The molecule has 5 heteroatoms. The molecule has 0 aliphatic carbocycles. The number of carbonyl (C=O) groups is 2. The zero-order valence-corrected chi connectivity index (χ0v) is 15.9. The summed E-state index contributed by atoms with van der Waals surface area (Å²) in [5.41, 5.74) is 0.361. The maximum absolute atomic E-state index is 12.3. The van der Waals surface area contributed by atoms with Gasteiger partial charge < -0.3 is 14.6 Å². The molecule has 0 bridgehead atoms. The lowest BCUT2D eigenvalue weighted by Gasteiger charge is -2.29. The highest BCUT2D eigenvalue weighted by atomic mass is 28.3. The molecule has 0 aliphatic rings. The Hall–Kier alpha value is -1.12. The summed E-state index contributed by atoms with van der Waals surface area (Å²) in [6.45, 7) is 12.9. The van der Waals surface area contributed by atoms with E-state index in [1.54, 1.807) is 20.8 Å². The lowest BCUT2D eigenvalue weighted by Crippen LogP contribution is -2.48. The molecule has 126 valence electrons. The molecule has 0 spiro atoms. The normalized spacial score (nSPS) is 16.0. The van der Waals surface area contributed by atoms with Crippen LogP contribution in [0.25, 0.3) is 0 Å². The van der Waals surface area contributed by atoms with E-state index in [0.29, 0.717) is 6.29 Å². The maximum atomic E-state index is 12.3. The third-order valence-corrected chi connectivity index (χ3v) is 8.84. The van der Waals surface area contributed by atoms with Gasteiger partial charge in [-0.1, -0.05) is 33.6 Å². The van der Waals surface area contributed by atoms with Gasteiger partial charge in [-0.25, -0.2) is 4.79 Å². The van der Waals surface area contributed by atoms with Gasteiger partial charge in [0.25, 0.3) is 0 Å². The second kappa shape index (κ2) is 7.93. The van der Waals surface area contributed by atoms with Gasteiger partial charge in [-0.2, -0.15) is 0 Å². The fourth-order valence-electron chi connectivity index (χ4n) is 2.05. The first-order chi connectivity index (χ1) is 10.00. The van der Waals surface area contributed by atoms with Gasteiger partial charge >= 0.3 is 5.97 Å². The molecular formula is C17H30O4Si. The fraction of sp³-hybridized carbons (Fsp3) is 0.765. The van der Waals surface area contributed by atoms with Crippen molar-refractivity contribution in [2.75, 3.05) is 0 Å². The molecule has 22 heavy (non-hydrogen) atoms. The number of carbonyl (C=O) groups excluding carboxylic acids is 2. The van der Waals surface area contributed by atoms with Gasteiger partial charge in [-0.15, -0.1) is 5.54 Å². The molecule has 0 saturated heterocycles. The monoisotopic (exact) mass is 326 g/mol. The van der Waals surface area contributed by atoms with Gasteiger partial charge in [-0.05, 0) is 38.9 Å². The number of hydrogen-bond acceptors (Lipinski definition) is 4. The van der Waals surface area contributed by atoms with Crippen LogP contribution in [-0.2, 0) is 14.3 Å². The van der Waals surface area contributed by atoms with Crippen LogP contribution in [0.15, 0.2) is 0 Å². The van der Waals surface area contributed by atoms with Crippen LogP contribution < -0.4 is 0 Å². The third kappa shape index (κ3) is 5.26. The van der Waals surface area contributed by atoms with Crippen LogP contribution in [0.1, 0.15) is 48.5 Å². The van der Waals surface area contributed by atoms with Crippen molar-refractivity contribution >= 4 is 20.3 Å². The standard InChI is InChI=1S/C17H30O4Si/c1-8-22(9-2,10-3)12-11-17(20,14(4)13-18)15(19)21-16(5,6)7/h13-14,20H,8-10H2,1-7H3. The Morgan fingerprint density at radius 3 is 2.00 bits per heavy atom. The molecule has 0 aromatic rings. The van der Waals surface area contributed by atoms with Crippen molar-refractivity contribution in [2.24, 2.45) is 5.92 Å². The summed E-state index contributed by atoms with van der Waals surface area (Å²) >= 11 is 0. The van der Waals surface area contributed by atoms with E-state index in [4.69, 9.17) is 4.74 Å². The molecule has 0 heterocycles. The number of ether oxygens (including phenoxy) is 1. The van der Waals surface area contributed by atoms with E-state index in [2.05, 4.69) is 32.2 Å². The molecule has 0 aromatic carbocycles. The lowest BCUT2D eigenvalue weighted by molar-refractivity contribution is -0.175. The second-order valence-electron chi connectivity index (χ2n) is 6.78. The zero-order chi connectivity index (χ0) is 17.6. The Labute approximate surface area is 135 Å². The minimum atomic E-state index is -2.08. The number of hydrogen-bond donors (Lipinski definition) is 1. The van der Waals surface area contributed by atoms with Crippen LogP contribution in [0.4, 0.5) is 0 Å². The quantitative estimate of drug-likeness (QED) is 0.353. The van der Waals surface area contributed by atoms with Crippen molar-refractivity contribution in [3.05, 3.63) is 0 Å². The van der Waals surface area contributed by atoms with E-state index in [1.807, 2.05) is 0 Å². The first-order valence-electron chi connectivity index (χ1n) is 7.95. The highest BCUT2D eigenvalue weighted by Gasteiger charge is 2.44. The molecule has 0 saturated carbocycles. The Bertz CT molecular complexity index is 443. The predicted molar refractivity (Wildman–Crippen MR) is 91.0 cm³/mol. The van der Waals surface area contributed by atoms with Crippen molar-refractivity contribution in [3.63, 3.8) is 0 Å². The van der Waals surface area contributed by atoms with Crippen LogP contribution in [0.3, 0.4) is 0 Å². The minimum Gasteiger partial charge on any atom is -0.457 e. The lowest BCUT2D eigenvalue weighted by atomic mass is 9.90. The minimum absolute atomic E-state index is 0.547. The van der Waals surface area contributed by atoms with Crippen LogP contribution >= 0.6 is 0 Å². The first kappa shape index (κ1) is 20.9. The van der Waals surface area contributed by atoms with Crippen LogP contribution in [-0.4, -0.2) is 36.6 Å². The topological polar surface area (TPSA) is 63.6 Å². The molecule has 0 amide bonds. The van der Waals surface area contributed by atoms with Crippen molar-refractivity contribution in [2.45, 2.75) is 77.8 Å². The van der Waals surface area contributed by atoms with Crippen LogP contribution in [0.5, 0.6) is 0 Å². The smallest absolute Gasteiger partial charge is 0.352 e. The Morgan fingerprint density at radius 2 is 1.68 bits per heavy atom. The number of aldehydes is 1. The van der Waals surface area contributed by atoms with Crippen molar-refractivity contribution in [1.29, 1.82) is 0 Å². The first-order valence-corrected chi connectivity index (χ1v) is 10.6. The summed E-state index contributed by atoms with van der Waals surface area (Å²) in [5.74, 6) is 0.938. The summed E-state index contributed by atoms with van der Waals surface area (Å²) in [4.78, 5) is 23.5.